The van der Waals surface area contributed by atoms with Crippen LogP contribution >= 0.6 is 0 Å². The molecular formula is C15H18FN5. The Hall–Kier alpha value is -2.21. The molecule has 0 spiro atoms. The van der Waals surface area contributed by atoms with Crippen LogP contribution in [-0.4, -0.2) is 29.1 Å². The summed E-state index contributed by atoms with van der Waals surface area (Å²) in [6.45, 7) is 2.31. The minimum atomic E-state index is -0.234. The summed E-state index contributed by atoms with van der Waals surface area (Å²) in [5, 5.41) is 3.15. The van der Waals surface area contributed by atoms with E-state index in [9.17, 15) is 4.39 Å². The Kier molecular flexibility index (Phi) is 3.96. The minimum Gasteiger partial charge on any atom is -0.355 e. The zero-order chi connectivity index (χ0) is 14.7. The van der Waals surface area contributed by atoms with Crippen molar-refractivity contribution in [3.8, 4) is 0 Å². The van der Waals surface area contributed by atoms with Gasteiger partial charge in [0.1, 0.15) is 11.6 Å². The van der Waals surface area contributed by atoms with E-state index in [1.165, 1.54) is 12.1 Å². The highest BCUT2D eigenvalue weighted by molar-refractivity contribution is 5.44. The predicted octanol–water partition coefficient (Wildman–Crippen LogP) is 1.77. The smallest absolute Gasteiger partial charge is 0.224 e. The average molecular weight is 287 g/mol. The lowest BCUT2D eigenvalue weighted by Gasteiger charge is -2.17. The molecule has 1 saturated heterocycles. The number of benzene rings is 1. The zero-order valence-corrected chi connectivity index (χ0v) is 11.7. The first kappa shape index (κ1) is 13.8. The van der Waals surface area contributed by atoms with E-state index in [0.29, 0.717) is 12.5 Å². The molecule has 0 saturated carbocycles. The van der Waals surface area contributed by atoms with Crippen LogP contribution < -0.4 is 16.0 Å². The van der Waals surface area contributed by atoms with E-state index < -0.39 is 0 Å². The topological polar surface area (TPSA) is 67.1 Å². The third-order valence-electron chi connectivity index (χ3n) is 3.55. The fourth-order valence-corrected chi connectivity index (χ4v) is 2.39. The van der Waals surface area contributed by atoms with Crippen LogP contribution in [0.1, 0.15) is 12.0 Å². The number of nitrogens with two attached hydrogens (primary N) is 1. The van der Waals surface area contributed by atoms with Gasteiger partial charge < -0.3 is 16.0 Å². The van der Waals surface area contributed by atoms with Gasteiger partial charge in [-0.05, 0) is 30.2 Å². The van der Waals surface area contributed by atoms with Crippen molar-refractivity contribution in [1.82, 2.24) is 9.97 Å². The van der Waals surface area contributed by atoms with E-state index >= 15 is 0 Å². The van der Waals surface area contributed by atoms with Crippen LogP contribution in [0.2, 0.25) is 0 Å². The van der Waals surface area contributed by atoms with Gasteiger partial charge in [0.25, 0.3) is 0 Å². The molecule has 0 amide bonds. The maximum Gasteiger partial charge on any atom is 0.224 e. The van der Waals surface area contributed by atoms with Crippen molar-refractivity contribution in [2.45, 2.75) is 19.0 Å². The highest BCUT2D eigenvalue weighted by Gasteiger charge is 2.20. The van der Waals surface area contributed by atoms with E-state index in [1.54, 1.807) is 18.3 Å². The summed E-state index contributed by atoms with van der Waals surface area (Å²) in [5.74, 6) is 1.22. The van der Waals surface area contributed by atoms with E-state index in [0.717, 1.165) is 30.9 Å². The minimum absolute atomic E-state index is 0.218. The number of anilines is 2. The summed E-state index contributed by atoms with van der Waals surface area (Å²) in [5.41, 5.74) is 6.90. The van der Waals surface area contributed by atoms with Gasteiger partial charge in [0.05, 0.1) is 0 Å². The molecule has 0 unspecified atom stereocenters. The van der Waals surface area contributed by atoms with E-state index in [2.05, 4.69) is 20.2 Å². The number of aromatic nitrogens is 2. The van der Waals surface area contributed by atoms with Crippen LogP contribution in [0.15, 0.2) is 36.5 Å². The second-order valence-electron chi connectivity index (χ2n) is 5.21. The molecule has 2 heterocycles. The number of nitrogens with zero attached hydrogens (tertiary/aromatic N) is 3. The van der Waals surface area contributed by atoms with Crippen LogP contribution in [0.25, 0.3) is 0 Å². The van der Waals surface area contributed by atoms with Gasteiger partial charge in [0.15, 0.2) is 0 Å². The Morgan fingerprint density at radius 2 is 2.10 bits per heavy atom. The summed E-state index contributed by atoms with van der Waals surface area (Å²) >= 11 is 0. The van der Waals surface area contributed by atoms with Gasteiger partial charge in [0.2, 0.25) is 5.95 Å². The van der Waals surface area contributed by atoms with E-state index in [-0.39, 0.29) is 11.9 Å². The first-order valence-electron chi connectivity index (χ1n) is 7.02. The molecule has 3 N–H and O–H groups in total. The fourth-order valence-electron chi connectivity index (χ4n) is 2.39. The van der Waals surface area contributed by atoms with E-state index in [4.69, 9.17) is 5.73 Å². The number of rotatable bonds is 4. The SMILES string of the molecule is N[C@H]1CCN(c2ccnc(NCc3ccc(F)cc3)n2)C1. The predicted molar refractivity (Wildman–Crippen MR) is 80.6 cm³/mol. The molecule has 21 heavy (non-hydrogen) atoms. The number of hydrogen-bond acceptors (Lipinski definition) is 5. The first-order valence-corrected chi connectivity index (χ1v) is 7.02. The van der Waals surface area contributed by atoms with Crippen LogP contribution in [0.5, 0.6) is 0 Å². The lowest BCUT2D eigenvalue weighted by atomic mass is 10.2. The standard InChI is InChI=1S/C15H18FN5/c16-12-3-1-11(2-4-12)9-19-15-18-7-5-14(20-15)21-8-6-13(17)10-21/h1-5,7,13H,6,8-10,17H2,(H,18,19,20)/t13-/m0/s1. The fraction of sp³-hybridized carbons (Fsp3) is 0.333. The molecule has 5 nitrogen and oxygen atoms in total. The van der Waals surface area contributed by atoms with Crippen molar-refractivity contribution in [3.63, 3.8) is 0 Å². The molecule has 1 aromatic heterocycles. The Labute approximate surface area is 123 Å². The lowest BCUT2D eigenvalue weighted by molar-refractivity contribution is 0.627. The van der Waals surface area contributed by atoms with Crippen LogP contribution in [0.3, 0.4) is 0 Å². The molecule has 3 rings (SSSR count). The molecule has 1 aliphatic heterocycles. The molecular weight excluding hydrogens is 269 g/mol. The molecule has 0 aliphatic carbocycles. The average Bonchev–Trinajstić information content (AvgIpc) is 2.94. The van der Waals surface area contributed by atoms with Gasteiger partial charge in [-0.15, -0.1) is 0 Å². The summed E-state index contributed by atoms with van der Waals surface area (Å²) in [6, 6.07) is 8.48. The third kappa shape index (κ3) is 3.46. The number of nitrogens with one attached hydrogen (secondary N) is 1. The highest BCUT2D eigenvalue weighted by atomic mass is 19.1. The van der Waals surface area contributed by atoms with E-state index in [1.807, 2.05) is 6.07 Å². The maximum atomic E-state index is 12.8. The quantitative estimate of drug-likeness (QED) is 0.897. The van der Waals surface area contributed by atoms with Gasteiger partial charge in [-0.1, -0.05) is 12.1 Å². The van der Waals surface area contributed by atoms with Gasteiger partial charge in [-0.3, -0.25) is 0 Å². The molecule has 1 fully saturated rings. The Bertz CT molecular complexity index is 601. The Morgan fingerprint density at radius 3 is 2.81 bits per heavy atom. The molecule has 0 radical (unpaired) electrons. The molecule has 1 aromatic carbocycles. The summed E-state index contributed by atoms with van der Waals surface area (Å²) in [6.07, 6.45) is 2.72. The molecule has 1 atom stereocenters. The van der Waals surface area contributed by atoms with Crippen molar-refractivity contribution >= 4 is 11.8 Å². The lowest BCUT2D eigenvalue weighted by Crippen LogP contribution is -2.27. The largest absolute Gasteiger partial charge is 0.355 e. The molecule has 2 aromatic rings. The zero-order valence-electron chi connectivity index (χ0n) is 11.7. The maximum absolute atomic E-state index is 12.8. The number of hydrogen-bond donors (Lipinski definition) is 2. The first-order chi connectivity index (χ1) is 10.2. The van der Waals surface area contributed by atoms with Crippen molar-refractivity contribution < 1.29 is 4.39 Å². The van der Waals surface area contributed by atoms with Crippen molar-refractivity contribution in [3.05, 3.63) is 47.9 Å². The normalized spacial score (nSPS) is 18.0. The van der Waals surface area contributed by atoms with Crippen LogP contribution in [0.4, 0.5) is 16.2 Å². The van der Waals surface area contributed by atoms with Gasteiger partial charge >= 0.3 is 0 Å². The van der Waals surface area contributed by atoms with Crippen molar-refractivity contribution in [1.29, 1.82) is 0 Å². The molecule has 110 valence electrons. The Morgan fingerprint density at radius 1 is 1.29 bits per heavy atom. The van der Waals surface area contributed by atoms with Gasteiger partial charge in [-0.2, -0.15) is 4.98 Å². The molecule has 1 aliphatic rings. The summed E-state index contributed by atoms with van der Waals surface area (Å²) in [7, 11) is 0. The highest BCUT2D eigenvalue weighted by Crippen LogP contribution is 2.18. The summed E-state index contributed by atoms with van der Waals surface area (Å²) in [4.78, 5) is 10.9. The monoisotopic (exact) mass is 287 g/mol. The molecule has 6 heteroatoms. The van der Waals surface area contributed by atoms with Crippen LogP contribution in [-0.2, 0) is 6.54 Å². The third-order valence-corrected chi connectivity index (χ3v) is 3.55. The summed E-state index contributed by atoms with van der Waals surface area (Å²) < 4.78 is 12.8. The van der Waals surface area contributed by atoms with Gasteiger partial charge in [-0.25, -0.2) is 9.37 Å². The second-order valence-corrected chi connectivity index (χ2v) is 5.21. The van der Waals surface area contributed by atoms with Crippen molar-refractivity contribution in [2.24, 2.45) is 5.73 Å². The van der Waals surface area contributed by atoms with Crippen LogP contribution in [0, 0.1) is 5.82 Å². The molecule has 0 bridgehead atoms. The Balaban J connectivity index is 1.64. The van der Waals surface area contributed by atoms with Gasteiger partial charge in [0, 0.05) is 31.9 Å². The second kappa shape index (κ2) is 6.05. The number of halogens is 1. The van der Waals surface area contributed by atoms with Crippen molar-refractivity contribution in [2.75, 3.05) is 23.3 Å².